The van der Waals surface area contributed by atoms with E-state index in [1.165, 1.54) is 0 Å². The first-order valence-electron chi connectivity index (χ1n) is 2.59. The highest BCUT2D eigenvalue weighted by Gasteiger charge is 1.88. The number of hydrogen-bond donors (Lipinski definition) is 0. The summed E-state index contributed by atoms with van der Waals surface area (Å²) in [5.41, 5.74) is 0.481. The zero-order chi connectivity index (χ0) is 6.69. The Kier molecular flexibility index (Phi) is 1.73. The van der Waals surface area contributed by atoms with Crippen LogP contribution in [0.4, 0.5) is 0 Å². The highest BCUT2D eigenvalue weighted by Crippen LogP contribution is 1.98. The zero-order valence-corrected chi connectivity index (χ0v) is 5.16. The molecule has 0 unspecified atom stereocenters. The summed E-state index contributed by atoms with van der Waals surface area (Å²) in [5, 5.41) is 0. The lowest BCUT2D eigenvalue weighted by atomic mass is 10.0. The van der Waals surface area contributed by atoms with Crippen LogP contribution in [-0.4, -0.2) is 19.9 Å². The van der Waals surface area contributed by atoms with Crippen LogP contribution in [0.25, 0.3) is 0 Å². The Bertz CT molecular complexity index is 202. The van der Waals surface area contributed by atoms with Crippen molar-refractivity contribution < 1.29 is 4.74 Å². The normalized spacial score (nSPS) is 9.00. The van der Waals surface area contributed by atoms with Crippen LogP contribution >= 0.6 is 0 Å². The SMILES string of the molecule is [B]c1cccc(OC)n1. The molecule has 9 heavy (non-hydrogen) atoms. The third-order valence-corrected chi connectivity index (χ3v) is 0.954. The van der Waals surface area contributed by atoms with Crippen molar-refractivity contribution in [3.63, 3.8) is 0 Å². The summed E-state index contributed by atoms with van der Waals surface area (Å²) in [5.74, 6) is 0.551. The Balaban J connectivity index is 2.94. The van der Waals surface area contributed by atoms with Crippen LogP contribution in [0, 0.1) is 0 Å². The maximum absolute atomic E-state index is 5.34. The first-order valence-corrected chi connectivity index (χ1v) is 2.59. The van der Waals surface area contributed by atoms with Gasteiger partial charge < -0.3 is 4.74 Å². The van der Waals surface area contributed by atoms with Crippen LogP contribution in [0.1, 0.15) is 0 Å². The quantitative estimate of drug-likeness (QED) is 0.481. The van der Waals surface area contributed by atoms with Gasteiger partial charge in [-0.25, -0.2) is 4.98 Å². The molecule has 44 valence electrons. The number of rotatable bonds is 1. The van der Waals surface area contributed by atoms with Crippen LogP contribution in [0.15, 0.2) is 18.2 Å². The van der Waals surface area contributed by atoms with Gasteiger partial charge in [-0.1, -0.05) is 12.1 Å². The van der Waals surface area contributed by atoms with Gasteiger partial charge in [-0.3, -0.25) is 0 Å². The summed E-state index contributed by atoms with van der Waals surface area (Å²) in [6, 6.07) is 5.25. The third kappa shape index (κ3) is 1.45. The van der Waals surface area contributed by atoms with Crippen molar-refractivity contribution in [1.29, 1.82) is 0 Å². The first kappa shape index (κ1) is 6.14. The van der Waals surface area contributed by atoms with Crippen molar-refractivity contribution in [3.05, 3.63) is 18.2 Å². The first-order chi connectivity index (χ1) is 4.33. The molecule has 0 saturated heterocycles. The van der Waals surface area contributed by atoms with E-state index in [0.29, 0.717) is 11.5 Å². The van der Waals surface area contributed by atoms with E-state index in [4.69, 9.17) is 12.6 Å². The summed E-state index contributed by atoms with van der Waals surface area (Å²) >= 11 is 0. The highest BCUT2D eigenvalue weighted by atomic mass is 16.5. The van der Waals surface area contributed by atoms with Crippen LogP contribution in [0.5, 0.6) is 5.88 Å². The minimum absolute atomic E-state index is 0.481. The predicted molar refractivity (Wildman–Crippen MR) is 36.2 cm³/mol. The van der Waals surface area contributed by atoms with E-state index in [1.54, 1.807) is 25.3 Å². The molecule has 0 bridgehead atoms. The maximum Gasteiger partial charge on any atom is 0.212 e. The molecule has 0 aliphatic carbocycles. The lowest BCUT2D eigenvalue weighted by Crippen LogP contribution is -2.07. The van der Waals surface area contributed by atoms with Crippen LogP contribution in [-0.2, 0) is 0 Å². The Hall–Kier alpha value is -0.985. The summed E-state index contributed by atoms with van der Waals surface area (Å²) < 4.78 is 4.80. The molecule has 0 saturated carbocycles. The molecule has 0 fully saturated rings. The molecule has 0 aliphatic rings. The molecule has 0 aliphatic heterocycles. The fraction of sp³-hybridized carbons (Fsp3) is 0.167. The van der Waals surface area contributed by atoms with Gasteiger partial charge in [-0.15, -0.1) is 0 Å². The van der Waals surface area contributed by atoms with Gasteiger partial charge in [0.05, 0.1) is 7.11 Å². The van der Waals surface area contributed by atoms with E-state index in [9.17, 15) is 0 Å². The lowest BCUT2D eigenvalue weighted by molar-refractivity contribution is 0.399. The minimum Gasteiger partial charge on any atom is -0.481 e. The van der Waals surface area contributed by atoms with Crippen LogP contribution in [0.3, 0.4) is 0 Å². The fourth-order valence-electron chi connectivity index (χ4n) is 0.544. The molecule has 1 aromatic rings. The van der Waals surface area contributed by atoms with Gasteiger partial charge in [0.25, 0.3) is 0 Å². The molecular weight excluding hydrogens is 113 g/mol. The van der Waals surface area contributed by atoms with E-state index in [1.807, 2.05) is 0 Å². The van der Waals surface area contributed by atoms with Crippen LogP contribution < -0.4 is 10.3 Å². The number of methoxy groups -OCH3 is 1. The largest absolute Gasteiger partial charge is 0.481 e. The smallest absolute Gasteiger partial charge is 0.212 e. The summed E-state index contributed by atoms with van der Waals surface area (Å²) in [6.45, 7) is 0. The number of ether oxygens (including phenoxy) is 1. The second kappa shape index (κ2) is 2.53. The average Bonchev–Trinajstić information content (AvgIpc) is 1.88. The van der Waals surface area contributed by atoms with Crippen molar-refractivity contribution in [2.75, 3.05) is 7.11 Å². The molecule has 0 spiro atoms. The molecule has 1 rings (SSSR count). The monoisotopic (exact) mass is 119 g/mol. The highest BCUT2D eigenvalue weighted by molar-refractivity contribution is 6.30. The van der Waals surface area contributed by atoms with Crippen molar-refractivity contribution >= 4 is 13.4 Å². The van der Waals surface area contributed by atoms with Crippen molar-refractivity contribution in [2.45, 2.75) is 0 Å². The van der Waals surface area contributed by atoms with Crippen molar-refractivity contribution in [2.24, 2.45) is 0 Å². The summed E-state index contributed by atoms with van der Waals surface area (Å²) in [7, 11) is 6.90. The summed E-state index contributed by atoms with van der Waals surface area (Å²) in [4.78, 5) is 3.85. The second-order valence-corrected chi connectivity index (χ2v) is 1.60. The van der Waals surface area contributed by atoms with E-state index < -0.39 is 0 Å². The lowest BCUT2D eigenvalue weighted by Gasteiger charge is -1.96. The molecule has 1 aromatic heterocycles. The molecule has 3 heteroatoms. The molecule has 0 N–H and O–H groups in total. The Morgan fingerprint density at radius 2 is 2.33 bits per heavy atom. The Morgan fingerprint density at radius 3 is 2.78 bits per heavy atom. The maximum atomic E-state index is 5.34. The number of pyridine rings is 1. The third-order valence-electron chi connectivity index (χ3n) is 0.954. The number of hydrogen-bond acceptors (Lipinski definition) is 2. The molecular formula is C6H6BNO. The van der Waals surface area contributed by atoms with E-state index >= 15 is 0 Å². The topological polar surface area (TPSA) is 22.1 Å². The average molecular weight is 119 g/mol. The molecule has 2 nitrogen and oxygen atoms in total. The van der Waals surface area contributed by atoms with Crippen molar-refractivity contribution in [1.82, 2.24) is 4.98 Å². The van der Waals surface area contributed by atoms with Gasteiger partial charge in [0.15, 0.2) is 0 Å². The van der Waals surface area contributed by atoms with E-state index in [0.717, 1.165) is 0 Å². The standard InChI is InChI=1S/C6H6BNO/c1-9-6-4-2-3-5(7)8-6/h2-4H,1H3. The van der Waals surface area contributed by atoms with E-state index in [2.05, 4.69) is 4.98 Å². The second-order valence-electron chi connectivity index (χ2n) is 1.60. The molecule has 0 aromatic carbocycles. The van der Waals surface area contributed by atoms with Gasteiger partial charge in [0.1, 0.15) is 7.85 Å². The van der Waals surface area contributed by atoms with Gasteiger partial charge in [-0.2, -0.15) is 0 Å². The molecule has 0 atom stereocenters. The summed E-state index contributed by atoms with van der Waals surface area (Å²) in [6.07, 6.45) is 0. The van der Waals surface area contributed by atoms with Crippen LogP contribution in [0.2, 0.25) is 0 Å². The number of aromatic nitrogens is 1. The minimum atomic E-state index is 0.481. The van der Waals surface area contributed by atoms with Crippen molar-refractivity contribution in [3.8, 4) is 5.88 Å². The van der Waals surface area contributed by atoms with Gasteiger partial charge >= 0.3 is 0 Å². The van der Waals surface area contributed by atoms with Gasteiger partial charge in [0, 0.05) is 6.07 Å². The van der Waals surface area contributed by atoms with Gasteiger partial charge in [0.2, 0.25) is 5.88 Å². The molecule has 0 amide bonds. The zero-order valence-electron chi connectivity index (χ0n) is 5.16. The molecule has 1 heterocycles. The predicted octanol–water partition coefficient (Wildman–Crippen LogP) is -0.116. The molecule has 2 radical (unpaired) electrons. The Morgan fingerprint density at radius 1 is 1.56 bits per heavy atom. The van der Waals surface area contributed by atoms with Gasteiger partial charge in [-0.05, 0) is 5.59 Å². The fourth-order valence-corrected chi connectivity index (χ4v) is 0.544. The Labute approximate surface area is 55.3 Å². The van der Waals surface area contributed by atoms with E-state index in [-0.39, 0.29) is 0 Å². The number of nitrogens with zero attached hydrogens (tertiary/aromatic N) is 1.